The third-order valence-corrected chi connectivity index (χ3v) is 11.1. The number of ketones is 1. The Kier molecular flexibility index (Phi) is 10.6. The molecule has 46 heavy (non-hydrogen) atoms. The van der Waals surface area contributed by atoms with Gasteiger partial charge in [-0.3, -0.25) is 9.59 Å². The molecule has 0 aromatic heterocycles. The fraction of sp³-hybridized carbons (Fsp3) is 0.229. The summed E-state index contributed by atoms with van der Waals surface area (Å²) in [6.45, 7) is 1.60. The van der Waals surface area contributed by atoms with Crippen molar-refractivity contribution in [2.75, 3.05) is 6.61 Å². The maximum absolute atomic E-state index is 14.9. The molecule has 236 valence electrons. The van der Waals surface area contributed by atoms with Gasteiger partial charge in [0.15, 0.2) is 11.2 Å². The molecule has 4 aromatic carbocycles. The minimum Gasteiger partial charge on any atom is -0.465 e. The Morgan fingerprint density at radius 2 is 1.37 bits per heavy atom. The summed E-state index contributed by atoms with van der Waals surface area (Å²) in [4.78, 5) is 29.3. The van der Waals surface area contributed by atoms with Crippen molar-refractivity contribution in [3.8, 4) is 6.07 Å². The van der Waals surface area contributed by atoms with E-state index in [2.05, 4.69) is 37.9 Å². The molecule has 1 aliphatic rings. The largest absolute Gasteiger partial charge is 0.465 e. The molecule has 0 saturated heterocycles. The number of halogens is 6. The molecule has 0 radical (unpaired) electrons. The molecule has 0 heterocycles. The SMILES string of the molecule is CCOC(=O)[C@]1(C#N)[C@H](c2ccc(Cl)c(Cl)c2)C[C@](O)(c2ccc(Br)cc2)[C@H](C(=O)c2ccc(Br)cc2)[C@@H]1c1ccc(Cl)c(Cl)c1. The number of ether oxygens (including phenoxy) is 1. The van der Waals surface area contributed by atoms with E-state index in [0.29, 0.717) is 16.7 Å². The first-order chi connectivity index (χ1) is 21.9. The fourth-order valence-corrected chi connectivity index (χ4v) is 7.68. The lowest BCUT2D eigenvalue weighted by Crippen LogP contribution is -2.59. The molecule has 1 N–H and O–H groups in total. The maximum Gasteiger partial charge on any atom is 0.327 e. The molecule has 5 atom stereocenters. The monoisotopic (exact) mass is 821 g/mol. The van der Waals surface area contributed by atoms with E-state index in [4.69, 9.17) is 51.1 Å². The summed E-state index contributed by atoms with van der Waals surface area (Å²) in [6.07, 6.45) is -0.219. The van der Waals surface area contributed by atoms with E-state index in [1.165, 1.54) is 12.1 Å². The van der Waals surface area contributed by atoms with Crippen LogP contribution in [0, 0.1) is 22.7 Å². The quantitative estimate of drug-likeness (QED) is 0.148. The average Bonchev–Trinajstić information content (AvgIpc) is 3.03. The van der Waals surface area contributed by atoms with E-state index < -0.39 is 40.5 Å². The Hall–Kier alpha value is -2.41. The summed E-state index contributed by atoms with van der Waals surface area (Å²) in [5.41, 5.74) is -2.49. The summed E-state index contributed by atoms with van der Waals surface area (Å²) < 4.78 is 7.14. The number of nitrogens with zero attached hydrogens (tertiary/aromatic N) is 1. The number of hydrogen-bond donors (Lipinski definition) is 1. The zero-order valence-corrected chi connectivity index (χ0v) is 30.3. The van der Waals surface area contributed by atoms with Crippen LogP contribution < -0.4 is 0 Å². The normalized spacial score (nSPS) is 24.2. The van der Waals surface area contributed by atoms with Crippen LogP contribution in [0.25, 0.3) is 0 Å². The minimum atomic E-state index is -2.05. The van der Waals surface area contributed by atoms with Gasteiger partial charge in [0.1, 0.15) is 5.60 Å². The molecular formula is C35H25Br2Cl4NO4. The molecule has 0 bridgehead atoms. The van der Waals surface area contributed by atoms with Crippen molar-refractivity contribution in [3.63, 3.8) is 0 Å². The second kappa shape index (κ2) is 14.0. The standard InChI is InChI=1S/C35H25Br2Cl4NO4/c1-2-46-33(44)34(18-42)25(20-5-13-26(38)28(40)15-20)17-35(45,22-7-11-24(37)12-8-22)31(32(43)19-3-9-23(36)10-4-19)30(34)21-6-14-27(39)29(41)16-21/h3-16,25,30-31,45H,2,17H2,1H3/t25-,30-,31-,34+,35-/m0/s1. The fourth-order valence-electron chi connectivity index (χ4n) is 6.54. The number of rotatable bonds is 7. The van der Waals surface area contributed by atoms with Crippen molar-refractivity contribution in [2.24, 2.45) is 11.3 Å². The molecule has 4 aromatic rings. The minimum absolute atomic E-state index is 0.0350. The van der Waals surface area contributed by atoms with Gasteiger partial charge in [-0.2, -0.15) is 5.26 Å². The highest BCUT2D eigenvalue weighted by Gasteiger charge is 2.67. The first-order valence-corrected chi connectivity index (χ1v) is 17.2. The molecule has 1 aliphatic carbocycles. The molecule has 11 heteroatoms. The van der Waals surface area contributed by atoms with Crippen LogP contribution in [0.15, 0.2) is 93.9 Å². The number of aliphatic hydroxyl groups is 1. The number of carbonyl (C=O) groups excluding carboxylic acids is 2. The Labute approximate surface area is 303 Å². The van der Waals surface area contributed by atoms with Gasteiger partial charge < -0.3 is 9.84 Å². The van der Waals surface area contributed by atoms with Crippen LogP contribution >= 0.6 is 78.3 Å². The van der Waals surface area contributed by atoms with Crippen LogP contribution in [0.3, 0.4) is 0 Å². The summed E-state index contributed by atoms with van der Waals surface area (Å²) in [7, 11) is 0. The van der Waals surface area contributed by atoms with Crippen molar-refractivity contribution in [1.82, 2.24) is 0 Å². The lowest BCUT2D eigenvalue weighted by molar-refractivity contribution is -0.164. The van der Waals surface area contributed by atoms with Crippen molar-refractivity contribution in [3.05, 3.63) is 136 Å². The molecule has 0 aliphatic heterocycles. The van der Waals surface area contributed by atoms with Crippen LogP contribution in [0.5, 0.6) is 0 Å². The predicted molar refractivity (Wildman–Crippen MR) is 188 cm³/mol. The maximum atomic E-state index is 14.9. The third-order valence-electron chi connectivity index (χ3n) is 8.61. The van der Waals surface area contributed by atoms with Gasteiger partial charge in [0.05, 0.1) is 38.7 Å². The van der Waals surface area contributed by atoms with Crippen molar-refractivity contribution >= 4 is 90.0 Å². The van der Waals surface area contributed by atoms with Crippen LogP contribution in [0.4, 0.5) is 0 Å². The molecule has 5 nitrogen and oxygen atoms in total. The van der Waals surface area contributed by atoms with Crippen LogP contribution in [0.2, 0.25) is 20.1 Å². The lowest BCUT2D eigenvalue weighted by Gasteiger charge is -2.54. The van der Waals surface area contributed by atoms with Crippen LogP contribution in [-0.4, -0.2) is 23.5 Å². The third kappa shape index (κ3) is 6.26. The smallest absolute Gasteiger partial charge is 0.327 e. The van der Waals surface area contributed by atoms with Gasteiger partial charge >= 0.3 is 5.97 Å². The Morgan fingerprint density at radius 1 is 0.848 bits per heavy atom. The molecule has 0 amide bonds. The highest BCUT2D eigenvalue weighted by Crippen LogP contribution is 2.64. The zero-order valence-electron chi connectivity index (χ0n) is 24.1. The highest BCUT2D eigenvalue weighted by molar-refractivity contribution is 9.10. The molecule has 5 rings (SSSR count). The Balaban J connectivity index is 1.93. The van der Waals surface area contributed by atoms with Gasteiger partial charge in [0.25, 0.3) is 0 Å². The number of benzene rings is 4. The van der Waals surface area contributed by atoms with Gasteiger partial charge in [-0.25, -0.2) is 0 Å². The molecular weight excluding hydrogens is 800 g/mol. The lowest BCUT2D eigenvalue weighted by atomic mass is 9.47. The average molecular weight is 825 g/mol. The second-order valence-corrected chi connectivity index (χ2v) is 14.5. The van der Waals surface area contributed by atoms with Crippen LogP contribution in [-0.2, 0) is 15.1 Å². The van der Waals surface area contributed by atoms with Crippen molar-refractivity contribution in [2.45, 2.75) is 30.8 Å². The number of hydrogen-bond acceptors (Lipinski definition) is 5. The van der Waals surface area contributed by atoms with Gasteiger partial charge in [0, 0.05) is 26.3 Å². The van der Waals surface area contributed by atoms with Gasteiger partial charge in [-0.15, -0.1) is 0 Å². The van der Waals surface area contributed by atoms with E-state index in [1.807, 2.05) is 0 Å². The number of esters is 1. The van der Waals surface area contributed by atoms with E-state index >= 15 is 0 Å². The summed E-state index contributed by atoms with van der Waals surface area (Å²) in [6, 6.07) is 25.4. The molecule has 1 fully saturated rings. The summed E-state index contributed by atoms with van der Waals surface area (Å²) in [5.74, 6) is -5.03. The van der Waals surface area contributed by atoms with Gasteiger partial charge in [-0.05, 0) is 78.6 Å². The number of nitriles is 1. The number of Topliss-reactive ketones (excluding diaryl/α,β-unsaturated/α-hetero) is 1. The second-order valence-electron chi connectivity index (χ2n) is 11.1. The van der Waals surface area contributed by atoms with E-state index in [-0.39, 0.29) is 38.7 Å². The topological polar surface area (TPSA) is 87.4 Å². The predicted octanol–water partition coefficient (Wildman–Crippen LogP) is 10.6. The molecule has 0 spiro atoms. The van der Waals surface area contributed by atoms with Crippen LogP contribution in [0.1, 0.15) is 52.2 Å². The van der Waals surface area contributed by atoms with E-state index in [1.54, 1.807) is 79.7 Å². The Morgan fingerprint density at radius 3 is 1.89 bits per heavy atom. The summed E-state index contributed by atoms with van der Waals surface area (Å²) in [5, 5.41) is 25.2. The van der Waals surface area contributed by atoms with Gasteiger partial charge in [-0.1, -0.05) is 115 Å². The van der Waals surface area contributed by atoms with Crippen molar-refractivity contribution in [1.29, 1.82) is 5.26 Å². The first kappa shape index (κ1) is 34.9. The molecule has 1 saturated carbocycles. The van der Waals surface area contributed by atoms with E-state index in [9.17, 15) is 20.0 Å². The summed E-state index contributed by atoms with van der Waals surface area (Å²) >= 11 is 32.5. The zero-order chi connectivity index (χ0) is 33.4. The van der Waals surface area contributed by atoms with E-state index in [0.717, 1.165) is 8.95 Å². The highest BCUT2D eigenvalue weighted by atomic mass is 79.9. The van der Waals surface area contributed by atoms with Crippen molar-refractivity contribution < 1.29 is 19.4 Å². The Bertz CT molecular complexity index is 1850. The number of carbonyl (C=O) groups is 2. The van der Waals surface area contributed by atoms with Gasteiger partial charge in [0.2, 0.25) is 0 Å². The first-order valence-electron chi connectivity index (χ1n) is 14.1. The molecule has 0 unspecified atom stereocenters.